The van der Waals surface area contributed by atoms with Crippen LogP contribution in [-0.2, 0) is 15.9 Å². The average molecular weight is 465 g/mol. The Morgan fingerprint density at radius 1 is 1.21 bits per heavy atom. The zero-order chi connectivity index (χ0) is 24.5. The summed E-state index contributed by atoms with van der Waals surface area (Å²) in [6, 6.07) is 1.43. The molecule has 184 valence electrons. The molecule has 2 heterocycles. The maximum atomic E-state index is 13.6. The highest BCUT2D eigenvalue weighted by Crippen LogP contribution is 2.51. The number of Topliss-reactive ketones (excluding diaryl/α,β-unsaturated/α-hetero) is 1. The van der Waals surface area contributed by atoms with Crippen LogP contribution >= 0.6 is 0 Å². The van der Waals surface area contributed by atoms with Gasteiger partial charge in [-0.15, -0.1) is 0 Å². The van der Waals surface area contributed by atoms with Crippen molar-refractivity contribution in [2.75, 3.05) is 0 Å². The van der Waals surface area contributed by atoms with Crippen molar-refractivity contribution >= 4 is 12.1 Å². The standard InChI is InChI=1S/C25H36O8/c1-5-7-15(18-11-19(27)25(24(31)32-18)20(33-25)8-6-2)22(29)16-10-14(9-13(3)4)21(28)17(12-26)23(16)30/h10,12-13,15,18-20,24,27-28,30-31H,5-9,11H2,1-4H3/t15?,18-,19-,20+,24-,25-/m1/s1. The number of aliphatic hydroxyl groups is 2. The third-order valence-electron chi connectivity index (χ3n) is 6.79. The Kier molecular flexibility index (Phi) is 7.84. The molecule has 0 saturated carbocycles. The molecule has 1 spiro atoms. The van der Waals surface area contributed by atoms with E-state index in [9.17, 15) is 30.0 Å². The molecule has 2 fully saturated rings. The van der Waals surface area contributed by atoms with Gasteiger partial charge in [0.2, 0.25) is 0 Å². The van der Waals surface area contributed by atoms with Crippen LogP contribution in [0, 0.1) is 11.8 Å². The Bertz CT molecular complexity index is 868. The Balaban J connectivity index is 1.92. The number of phenols is 2. The summed E-state index contributed by atoms with van der Waals surface area (Å²) in [4.78, 5) is 25.2. The number of ether oxygens (including phenoxy) is 2. The van der Waals surface area contributed by atoms with E-state index >= 15 is 0 Å². The van der Waals surface area contributed by atoms with E-state index in [-0.39, 0.29) is 35.3 Å². The normalized spacial score (nSPS) is 29.9. The third kappa shape index (κ3) is 4.67. The maximum Gasteiger partial charge on any atom is 0.189 e. The summed E-state index contributed by atoms with van der Waals surface area (Å²) in [7, 11) is 0. The van der Waals surface area contributed by atoms with Crippen molar-refractivity contribution in [1.82, 2.24) is 0 Å². The first-order valence-electron chi connectivity index (χ1n) is 11.9. The van der Waals surface area contributed by atoms with Gasteiger partial charge in [-0.2, -0.15) is 0 Å². The number of carbonyl (C=O) groups excluding carboxylic acids is 2. The number of carbonyl (C=O) groups is 2. The fourth-order valence-corrected chi connectivity index (χ4v) is 5.06. The predicted octanol–water partition coefficient (Wildman–Crippen LogP) is 3.11. The van der Waals surface area contributed by atoms with Crippen molar-refractivity contribution < 1.29 is 39.5 Å². The second-order valence-corrected chi connectivity index (χ2v) is 9.70. The first-order valence-corrected chi connectivity index (χ1v) is 11.9. The fourth-order valence-electron chi connectivity index (χ4n) is 5.06. The number of rotatable bonds is 10. The number of aliphatic hydroxyl groups excluding tert-OH is 2. The van der Waals surface area contributed by atoms with E-state index in [1.54, 1.807) is 0 Å². The van der Waals surface area contributed by atoms with Gasteiger partial charge in [-0.1, -0.05) is 40.5 Å². The van der Waals surface area contributed by atoms with Gasteiger partial charge in [0, 0.05) is 12.3 Å². The molecule has 33 heavy (non-hydrogen) atoms. The van der Waals surface area contributed by atoms with E-state index in [4.69, 9.17) is 9.47 Å². The van der Waals surface area contributed by atoms with Crippen molar-refractivity contribution in [2.45, 2.75) is 96.4 Å². The Labute approximate surface area is 194 Å². The van der Waals surface area contributed by atoms with Gasteiger partial charge in [0.05, 0.1) is 29.4 Å². The van der Waals surface area contributed by atoms with Crippen LogP contribution in [0.2, 0.25) is 0 Å². The summed E-state index contributed by atoms with van der Waals surface area (Å²) in [5.74, 6) is -1.96. The van der Waals surface area contributed by atoms with Crippen LogP contribution in [0.15, 0.2) is 6.07 Å². The molecule has 4 N–H and O–H groups in total. The molecule has 2 saturated heterocycles. The van der Waals surface area contributed by atoms with Gasteiger partial charge in [-0.3, -0.25) is 9.59 Å². The van der Waals surface area contributed by atoms with E-state index in [1.807, 2.05) is 27.7 Å². The number of ketones is 1. The molecule has 0 aliphatic carbocycles. The average Bonchev–Trinajstić information content (AvgIpc) is 3.47. The molecule has 1 aromatic rings. The Morgan fingerprint density at radius 3 is 2.45 bits per heavy atom. The highest BCUT2D eigenvalue weighted by molar-refractivity contribution is 6.04. The van der Waals surface area contributed by atoms with Crippen molar-refractivity contribution in [2.24, 2.45) is 11.8 Å². The predicted molar refractivity (Wildman–Crippen MR) is 120 cm³/mol. The second kappa shape index (κ2) is 10.1. The molecule has 0 aromatic heterocycles. The molecule has 0 radical (unpaired) electrons. The van der Waals surface area contributed by atoms with Gasteiger partial charge in [-0.25, -0.2) is 0 Å². The lowest BCUT2D eigenvalue weighted by molar-refractivity contribution is -0.239. The third-order valence-corrected chi connectivity index (χ3v) is 6.79. The van der Waals surface area contributed by atoms with Crippen LogP contribution in [0.3, 0.4) is 0 Å². The van der Waals surface area contributed by atoms with E-state index in [0.717, 1.165) is 6.42 Å². The second-order valence-electron chi connectivity index (χ2n) is 9.70. The summed E-state index contributed by atoms with van der Waals surface area (Å²) < 4.78 is 11.5. The zero-order valence-corrected chi connectivity index (χ0v) is 19.8. The number of hydrogen-bond acceptors (Lipinski definition) is 8. The summed E-state index contributed by atoms with van der Waals surface area (Å²) in [6.45, 7) is 7.77. The van der Waals surface area contributed by atoms with Crippen molar-refractivity contribution in [3.63, 3.8) is 0 Å². The monoisotopic (exact) mass is 464 g/mol. The molecule has 8 nitrogen and oxygen atoms in total. The molecule has 1 aromatic carbocycles. The lowest BCUT2D eigenvalue weighted by Gasteiger charge is -2.39. The van der Waals surface area contributed by atoms with Crippen LogP contribution in [0.25, 0.3) is 0 Å². The first kappa shape index (κ1) is 25.6. The van der Waals surface area contributed by atoms with Gasteiger partial charge in [-0.05, 0) is 36.8 Å². The molecule has 6 atom stereocenters. The summed E-state index contributed by atoms with van der Waals surface area (Å²) in [5.41, 5.74) is -1.13. The Morgan fingerprint density at radius 2 is 1.91 bits per heavy atom. The minimum Gasteiger partial charge on any atom is -0.507 e. The molecule has 2 aliphatic rings. The largest absolute Gasteiger partial charge is 0.507 e. The molecular formula is C25H36O8. The van der Waals surface area contributed by atoms with Crippen LogP contribution in [-0.4, -0.2) is 62.7 Å². The van der Waals surface area contributed by atoms with Crippen LogP contribution < -0.4 is 0 Å². The topological polar surface area (TPSA) is 137 Å². The van der Waals surface area contributed by atoms with E-state index in [1.165, 1.54) is 6.07 Å². The number of aromatic hydroxyl groups is 2. The molecule has 0 amide bonds. The van der Waals surface area contributed by atoms with Crippen LogP contribution in [0.4, 0.5) is 0 Å². The minimum atomic E-state index is -1.37. The number of epoxide rings is 1. The first-order chi connectivity index (χ1) is 15.6. The van der Waals surface area contributed by atoms with Gasteiger partial charge in [0.1, 0.15) is 11.5 Å². The molecule has 8 heteroatoms. The summed E-state index contributed by atoms with van der Waals surface area (Å²) in [5, 5.41) is 42.5. The van der Waals surface area contributed by atoms with Gasteiger partial charge < -0.3 is 29.9 Å². The Hall–Kier alpha value is -2.00. The molecular weight excluding hydrogens is 428 g/mol. The van der Waals surface area contributed by atoms with E-state index < -0.39 is 41.5 Å². The molecule has 3 rings (SSSR count). The number of benzene rings is 1. The van der Waals surface area contributed by atoms with Crippen molar-refractivity contribution in [3.05, 3.63) is 22.8 Å². The fraction of sp³-hybridized carbons (Fsp3) is 0.680. The molecule has 0 bridgehead atoms. The van der Waals surface area contributed by atoms with Crippen molar-refractivity contribution in [1.29, 1.82) is 0 Å². The van der Waals surface area contributed by atoms with Gasteiger partial charge in [0.25, 0.3) is 0 Å². The number of aldehydes is 1. The minimum absolute atomic E-state index is 0.0663. The van der Waals surface area contributed by atoms with Gasteiger partial charge in [0.15, 0.2) is 24.0 Å². The van der Waals surface area contributed by atoms with E-state index in [2.05, 4.69) is 0 Å². The van der Waals surface area contributed by atoms with Crippen molar-refractivity contribution in [3.8, 4) is 11.5 Å². The molecule has 2 aliphatic heterocycles. The van der Waals surface area contributed by atoms with Crippen LogP contribution in [0.5, 0.6) is 11.5 Å². The highest BCUT2D eigenvalue weighted by atomic mass is 16.7. The number of phenolic OH excluding ortho intramolecular Hbond substituents is 2. The number of hydrogen-bond donors (Lipinski definition) is 4. The SMILES string of the molecule is CCCC(C(=O)c1cc(CC(C)C)c(O)c(C=O)c1O)[C@H]1C[C@@H](O)[C@]2(O[C@H]2CCC)[C@H](O)O1. The van der Waals surface area contributed by atoms with Crippen LogP contribution in [0.1, 0.15) is 86.1 Å². The van der Waals surface area contributed by atoms with Gasteiger partial charge >= 0.3 is 0 Å². The van der Waals surface area contributed by atoms with E-state index in [0.29, 0.717) is 37.5 Å². The highest BCUT2D eigenvalue weighted by Gasteiger charge is 2.69. The lowest BCUT2D eigenvalue weighted by Crippen LogP contribution is -2.55. The molecule has 1 unspecified atom stereocenters. The summed E-state index contributed by atoms with van der Waals surface area (Å²) in [6.07, 6.45) is -0.0366. The smallest absolute Gasteiger partial charge is 0.189 e. The maximum absolute atomic E-state index is 13.6. The zero-order valence-electron chi connectivity index (χ0n) is 19.8. The quantitative estimate of drug-likeness (QED) is 0.235. The summed E-state index contributed by atoms with van der Waals surface area (Å²) >= 11 is 0. The lowest BCUT2D eigenvalue weighted by atomic mass is 9.80.